The molecule has 0 aliphatic heterocycles. The maximum Gasteiger partial charge on any atom is 0.273 e. The second-order valence-electron chi connectivity index (χ2n) is 7.27. The van der Waals surface area contributed by atoms with Crippen molar-refractivity contribution in [2.24, 2.45) is 0 Å². The number of aromatic amines is 1. The third kappa shape index (κ3) is 4.60. The van der Waals surface area contributed by atoms with Crippen LogP contribution in [-0.2, 0) is 0 Å². The molecule has 3 heterocycles. The van der Waals surface area contributed by atoms with Crippen molar-refractivity contribution in [3.05, 3.63) is 59.4 Å². The molecule has 174 valence electrons. The SMILES string of the molecule is CNC(=O)c1nnc(Nc2cc(C)c(F)cn2)cc1Nc1cccc(-c2n[nH]c(C)n2)c1OC. The zero-order valence-corrected chi connectivity index (χ0v) is 18.9. The quantitative estimate of drug-likeness (QED) is 0.325. The van der Waals surface area contributed by atoms with Gasteiger partial charge in [0.15, 0.2) is 23.1 Å². The van der Waals surface area contributed by atoms with E-state index in [1.54, 1.807) is 32.0 Å². The van der Waals surface area contributed by atoms with Crippen LogP contribution in [0.3, 0.4) is 0 Å². The first kappa shape index (κ1) is 22.6. The van der Waals surface area contributed by atoms with E-state index in [9.17, 15) is 9.18 Å². The fourth-order valence-corrected chi connectivity index (χ4v) is 3.21. The molecule has 3 aromatic heterocycles. The number of rotatable bonds is 7. The first-order valence-corrected chi connectivity index (χ1v) is 10.2. The van der Waals surface area contributed by atoms with Gasteiger partial charge >= 0.3 is 0 Å². The monoisotopic (exact) mass is 463 g/mol. The number of carbonyl (C=O) groups is 1. The number of hydrogen-bond acceptors (Lipinski definition) is 9. The Morgan fingerprint density at radius 2 is 1.91 bits per heavy atom. The maximum atomic E-state index is 13.6. The summed E-state index contributed by atoms with van der Waals surface area (Å²) in [7, 11) is 3.03. The van der Waals surface area contributed by atoms with Crippen molar-refractivity contribution in [2.75, 3.05) is 24.8 Å². The second-order valence-corrected chi connectivity index (χ2v) is 7.27. The van der Waals surface area contributed by atoms with Crippen LogP contribution >= 0.6 is 0 Å². The summed E-state index contributed by atoms with van der Waals surface area (Å²) in [6, 6.07) is 8.56. The number of benzene rings is 1. The van der Waals surface area contributed by atoms with Crippen molar-refractivity contribution in [1.82, 2.24) is 35.7 Å². The van der Waals surface area contributed by atoms with E-state index < -0.39 is 11.7 Å². The lowest BCUT2D eigenvalue weighted by molar-refractivity contribution is 0.0958. The zero-order valence-electron chi connectivity index (χ0n) is 18.9. The molecule has 0 aliphatic carbocycles. The second kappa shape index (κ2) is 9.48. The van der Waals surface area contributed by atoms with Gasteiger partial charge in [0.25, 0.3) is 5.91 Å². The van der Waals surface area contributed by atoms with Gasteiger partial charge < -0.3 is 20.7 Å². The van der Waals surface area contributed by atoms with E-state index >= 15 is 0 Å². The number of anilines is 4. The molecule has 0 atom stereocenters. The van der Waals surface area contributed by atoms with Crippen LogP contribution in [-0.4, -0.2) is 50.4 Å². The van der Waals surface area contributed by atoms with Crippen LogP contribution in [0.4, 0.5) is 27.4 Å². The fourth-order valence-electron chi connectivity index (χ4n) is 3.21. The summed E-state index contributed by atoms with van der Waals surface area (Å²) in [4.78, 5) is 20.8. The molecule has 1 amide bonds. The number of methoxy groups -OCH3 is 1. The normalized spacial score (nSPS) is 10.6. The number of halogens is 1. The average molecular weight is 463 g/mol. The number of pyridine rings is 1. The minimum Gasteiger partial charge on any atom is -0.494 e. The van der Waals surface area contributed by atoms with Crippen LogP contribution in [0.2, 0.25) is 0 Å². The summed E-state index contributed by atoms with van der Waals surface area (Å²) in [6.45, 7) is 3.43. The van der Waals surface area contributed by atoms with Crippen molar-refractivity contribution >= 4 is 28.9 Å². The molecule has 0 saturated carbocycles. The highest BCUT2D eigenvalue weighted by molar-refractivity contribution is 5.99. The van der Waals surface area contributed by atoms with Crippen LogP contribution < -0.4 is 20.7 Å². The number of aromatic nitrogens is 6. The maximum absolute atomic E-state index is 13.6. The standard InChI is InChI=1S/C22H22FN9O2/c1-11-8-17(25-10-14(11)23)28-18-9-16(19(31-30-18)22(33)24-3)27-15-7-5-6-13(20(15)34-4)21-26-12(2)29-32-21/h5-10H,1-4H3,(H,24,33)(H,26,29,32)(H2,25,27,28,30). The van der Waals surface area contributed by atoms with Gasteiger partial charge in [-0.3, -0.25) is 9.89 Å². The van der Waals surface area contributed by atoms with E-state index in [4.69, 9.17) is 4.74 Å². The molecular weight excluding hydrogens is 441 g/mol. The lowest BCUT2D eigenvalue weighted by Gasteiger charge is -2.16. The molecule has 4 rings (SSSR count). The lowest BCUT2D eigenvalue weighted by atomic mass is 10.1. The van der Waals surface area contributed by atoms with Crippen molar-refractivity contribution in [2.45, 2.75) is 13.8 Å². The molecular formula is C22H22FN9O2. The Hall–Kier alpha value is -4.61. The predicted octanol–water partition coefficient (Wildman–Crippen LogP) is 3.27. The summed E-state index contributed by atoms with van der Waals surface area (Å²) < 4.78 is 19.2. The molecule has 34 heavy (non-hydrogen) atoms. The number of nitrogens with zero attached hydrogens (tertiary/aromatic N) is 5. The largest absolute Gasteiger partial charge is 0.494 e. The summed E-state index contributed by atoms with van der Waals surface area (Å²) >= 11 is 0. The van der Waals surface area contributed by atoms with Crippen molar-refractivity contribution in [3.8, 4) is 17.1 Å². The number of aryl methyl sites for hydroxylation is 2. The van der Waals surface area contributed by atoms with Gasteiger partial charge in [0.2, 0.25) is 0 Å². The molecule has 0 radical (unpaired) electrons. The van der Waals surface area contributed by atoms with Gasteiger partial charge in [-0.2, -0.15) is 5.10 Å². The molecule has 0 unspecified atom stereocenters. The van der Waals surface area contributed by atoms with Gasteiger partial charge in [0, 0.05) is 13.1 Å². The van der Waals surface area contributed by atoms with Gasteiger partial charge in [-0.1, -0.05) is 6.07 Å². The van der Waals surface area contributed by atoms with Crippen LogP contribution in [0.1, 0.15) is 21.9 Å². The summed E-state index contributed by atoms with van der Waals surface area (Å²) in [6.07, 6.45) is 1.12. The Kier molecular flexibility index (Phi) is 6.30. The van der Waals surface area contributed by atoms with Gasteiger partial charge in [-0.05, 0) is 37.6 Å². The van der Waals surface area contributed by atoms with Gasteiger partial charge in [-0.15, -0.1) is 10.2 Å². The molecule has 0 spiro atoms. The van der Waals surface area contributed by atoms with Gasteiger partial charge in [0.1, 0.15) is 17.5 Å². The van der Waals surface area contributed by atoms with E-state index in [-0.39, 0.29) is 5.69 Å². The first-order chi connectivity index (χ1) is 16.4. The topological polar surface area (TPSA) is 143 Å². The van der Waals surface area contributed by atoms with Crippen LogP contribution in [0.25, 0.3) is 11.4 Å². The third-order valence-corrected chi connectivity index (χ3v) is 4.87. The highest BCUT2D eigenvalue weighted by atomic mass is 19.1. The molecule has 1 aromatic carbocycles. The number of amides is 1. The van der Waals surface area contributed by atoms with Crippen molar-refractivity contribution < 1.29 is 13.9 Å². The Labute approximate surface area is 194 Å². The fraction of sp³-hybridized carbons (Fsp3) is 0.182. The van der Waals surface area contributed by atoms with Crippen LogP contribution in [0.5, 0.6) is 5.75 Å². The molecule has 12 heteroatoms. The summed E-state index contributed by atoms with van der Waals surface area (Å²) in [5.41, 5.74) is 2.07. The van der Waals surface area contributed by atoms with E-state index in [2.05, 4.69) is 46.3 Å². The predicted molar refractivity (Wildman–Crippen MR) is 124 cm³/mol. The van der Waals surface area contributed by atoms with E-state index in [0.29, 0.717) is 51.5 Å². The molecule has 0 bridgehead atoms. The highest BCUT2D eigenvalue weighted by Gasteiger charge is 2.19. The number of nitrogens with one attached hydrogen (secondary N) is 4. The number of carbonyl (C=O) groups excluding carboxylic acids is 1. The Morgan fingerprint density at radius 1 is 1.09 bits per heavy atom. The lowest BCUT2D eigenvalue weighted by Crippen LogP contribution is -2.21. The van der Waals surface area contributed by atoms with Gasteiger partial charge in [0.05, 0.1) is 30.2 Å². The molecule has 4 N–H and O–H groups in total. The number of hydrogen-bond donors (Lipinski definition) is 4. The third-order valence-electron chi connectivity index (χ3n) is 4.87. The van der Waals surface area contributed by atoms with E-state index in [1.165, 1.54) is 14.2 Å². The van der Waals surface area contributed by atoms with Crippen molar-refractivity contribution in [3.63, 3.8) is 0 Å². The molecule has 4 aromatic rings. The minimum atomic E-state index is -0.433. The Morgan fingerprint density at radius 3 is 2.59 bits per heavy atom. The van der Waals surface area contributed by atoms with Crippen molar-refractivity contribution in [1.29, 1.82) is 0 Å². The number of ether oxygens (including phenoxy) is 1. The summed E-state index contributed by atoms with van der Waals surface area (Å²) in [5, 5.41) is 23.8. The number of H-pyrrole nitrogens is 1. The first-order valence-electron chi connectivity index (χ1n) is 10.2. The number of para-hydroxylation sites is 1. The van der Waals surface area contributed by atoms with E-state index in [1.807, 2.05) is 12.1 Å². The minimum absolute atomic E-state index is 0.0671. The Balaban J connectivity index is 1.73. The smallest absolute Gasteiger partial charge is 0.273 e. The molecule has 0 saturated heterocycles. The van der Waals surface area contributed by atoms with E-state index in [0.717, 1.165) is 6.20 Å². The molecule has 0 aliphatic rings. The zero-order chi connectivity index (χ0) is 24.2. The molecule has 11 nitrogen and oxygen atoms in total. The van der Waals surface area contributed by atoms with Crippen LogP contribution in [0.15, 0.2) is 36.5 Å². The summed E-state index contributed by atoms with van der Waals surface area (Å²) in [5.74, 6) is 1.44. The van der Waals surface area contributed by atoms with Gasteiger partial charge in [-0.25, -0.2) is 14.4 Å². The van der Waals surface area contributed by atoms with Crippen LogP contribution in [0, 0.1) is 19.7 Å². The Bertz CT molecular complexity index is 1360. The molecule has 0 fully saturated rings. The average Bonchev–Trinajstić information content (AvgIpc) is 3.27. The highest BCUT2D eigenvalue weighted by Crippen LogP contribution is 2.37.